The minimum atomic E-state index is 0. The number of pyridine rings is 1. The van der Waals surface area contributed by atoms with Gasteiger partial charge in [-0.3, -0.25) is 4.98 Å². The third-order valence-electron chi connectivity index (χ3n) is 3.05. The summed E-state index contributed by atoms with van der Waals surface area (Å²) in [5, 5.41) is 0. The van der Waals surface area contributed by atoms with Crippen LogP contribution in [0.1, 0.15) is 63.6 Å². The van der Waals surface area contributed by atoms with E-state index in [1.807, 2.05) is 6.20 Å². The Morgan fingerprint density at radius 1 is 0.800 bits per heavy atom. The minimum absolute atomic E-state index is 0. The summed E-state index contributed by atoms with van der Waals surface area (Å²) in [4.78, 5) is 4.53. The van der Waals surface area contributed by atoms with Crippen LogP contribution in [0.4, 0.5) is 0 Å². The zero-order chi connectivity index (χ0) is 11.6. The topological polar surface area (TPSA) is 12.9 Å². The highest BCUT2D eigenvalue weighted by Crippen LogP contribution is 2.13. The van der Waals surface area contributed by atoms with Crippen LogP contribution in [-0.2, 0) is 12.8 Å². The molecule has 1 aromatic heterocycles. The van der Waals surface area contributed by atoms with E-state index in [0.717, 1.165) is 6.42 Å². The Kier molecular flexibility index (Phi) is 28.0. The predicted octanol–water partition coefficient (Wildman–Crippen LogP) is 5.00. The third kappa shape index (κ3) is 12.3. The standard InChI is InChI=1S/C15H25N.4H2S/c1-3-5-7-10-14-11-9-13-16-15(14)12-8-6-4-2;;;;/h9,11,13H,3-8,10,12H2,1-2H3;4*1H2. The number of rotatable bonds is 8. The maximum Gasteiger partial charge on any atom is 0.0435 e. The van der Waals surface area contributed by atoms with Crippen LogP contribution in [0.25, 0.3) is 0 Å². The van der Waals surface area contributed by atoms with E-state index in [9.17, 15) is 0 Å². The number of aryl methyl sites for hydroxylation is 2. The van der Waals surface area contributed by atoms with Gasteiger partial charge in [0.1, 0.15) is 0 Å². The normalized spacial score (nSPS) is 8.50. The van der Waals surface area contributed by atoms with Gasteiger partial charge in [-0.15, -0.1) is 0 Å². The van der Waals surface area contributed by atoms with Crippen LogP contribution in [0, 0.1) is 0 Å². The zero-order valence-electron chi connectivity index (χ0n) is 12.8. The van der Waals surface area contributed by atoms with Gasteiger partial charge < -0.3 is 0 Å². The van der Waals surface area contributed by atoms with Crippen molar-refractivity contribution in [1.29, 1.82) is 0 Å². The molecule has 5 heteroatoms. The van der Waals surface area contributed by atoms with Gasteiger partial charge in [0.25, 0.3) is 0 Å². The fraction of sp³-hybridized carbons (Fsp3) is 0.667. The first kappa shape index (κ1) is 28.7. The molecule has 0 aliphatic carbocycles. The first-order valence-corrected chi connectivity index (χ1v) is 6.81. The second-order valence-electron chi connectivity index (χ2n) is 4.52. The molecule has 0 aliphatic rings. The summed E-state index contributed by atoms with van der Waals surface area (Å²) in [5.74, 6) is 0. The van der Waals surface area contributed by atoms with Crippen molar-refractivity contribution in [3.8, 4) is 0 Å². The van der Waals surface area contributed by atoms with Gasteiger partial charge >= 0.3 is 0 Å². The Morgan fingerprint density at radius 3 is 1.90 bits per heavy atom. The van der Waals surface area contributed by atoms with Crippen LogP contribution in [0.3, 0.4) is 0 Å². The van der Waals surface area contributed by atoms with E-state index >= 15 is 0 Å². The Hall–Kier alpha value is 0.550. The van der Waals surface area contributed by atoms with E-state index in [2.05, 4.69) is 31.0 Å². The molecule has 0 bridgehead atoms. The van der Waals surface area contributed by atoms with Crippen molar-refractivity contribution in [2.45, 2.75) is 65.2 Å². The van der Waals surface area contributed by atoms with Crippen molar-refractivity contribution >= 4 is 54.0 Å². The third-order valence-corrected chi connectivity index (χ3v) is 3.05. The van der Waals surface area contributed by atoms with Gasteiger partial charge in [0.2, 0.25) is 0 Å². The van der Waals surface area contributed by atoms with Gasteiger partial charge in [-0.25, -0.2) is 0 Å². The number of unbranched alkanes of at least 4 members (excludes halogenated alkanes) is 4. The Morgan fingerprint density at radius 2 is 1.35 bits per heavy atom. The quantitative estimate of drug-likeness (QED) is 0.598. The van der Waals surface area contributed by atoms with Gasteiger partial charge in [-0.2, -0.15) is 54.0 Å². The van der Waals surface area contributed by atoms with Gasteiger partial charge in [0.15, 0.2) is 0 Å². The van der Waals surface area contributed by atoms with Gasteiger partial charge in [0, 0.05) is 11.9 Å². The Balaban J connectivity index is -0.000000320. The monoisotopic (exact) mass is 355 g/mol. The molecule has 122 valence electrons. The fourth-order valence-electron chi connectivity index (χ4n) is 2.03. The van der Waals surface area contributed by atoms with Crippen LogP contribution in [-0.4, -0.2) is 4.98 Å². The van der Waals surface area contributed by atoms with Gasteiger partial charge in [0.05, 0.1) is 0 Å². The summed E-state index contributed by atoms with van der Waals surface area (Å²) in [5.41, 5.74) is 2.82. The molecule has 0 saturated carbocycles. The lowest BCUT2D eigenvalue weighted by molar-refractivity contribution is 0.683. The lowest BCUT2D eigenvalue weighted by Crippen LogP contribution is -1.98. The lowest BCUT2D eigenvalue weighted by Gasteiger charge is -2.07. The van der Waals surface area contributed by atoms with Gasteiger partial charge in [-0.1, -0.05) is 45.6 Å². The summed E-state index contributed by atoms with van der Waals surface area (Å²) in [6, 6.07) is 4.33. The summed E-state index contributed by atoms with van der Waals surface area (Å²) >= 11 is 0. The largest absolute Gasteiger partial charge is 0.261 e. The molecule has 0 atom stereocenters. The van der Waals surface area contributed by atoms with Gasteiger partial charge in [-0.05, 0) is 37.3 Å². The van der Waals surface area contributed by atoms with Crippen LogP contribution in [0.15, 0.2) is 18.3 Å². The molecule has 1 heterocycles. The molecule has 0 unspecified atom stereocenters. The van der Waals surface area contributed by atoms with Crippen molar-refractivity contribution in [2.24, 2.45) is 0 Å². The summed E-state index contributed by atoms with van der Waals surface area (Å²) < 4.78 is 0. The molecule has 0 aliphatic heterocycles. The highest BCUT2D eigenvalue weighted by atomic mass is 32.1. The van der Waals surface area contributed by atoms with E-state index in [4.69, 9.17) is 0 Å². The average molecular weight is 356 g/mol. The summed E-state index contributed by atoms with van der Waals surface area (Å²) in [6.07, 6.45) is 12.2. The molecule has 0 radical (unpaired) electrons. The van der Waals surface area contributed by atoms with Crippen LogP contribution in [0.5, 0.6) is 0 Å². The molecule has 1 rings (SSSR count). The second-order valence-corrected chi connectivity index (χ2v) is 4.52. The number of aromatic nitrogens is 1. The maximum atomic E-state index is 4.53. The molecule has 1 nitrogen and oxygen atoms in total. The highest BCUT2D eigenvalue weighted by molar-refractivity contribution is 7.59. The smallest absolute Gasteiger partial charge is 0.0435 e. The van der Waals surface area contributed by atoms with E-state index in [1.165, 1.54) is 56.2 Å². The molecule has 1 aromatic rings. The first-order valence-electron chi connectivity index (χ1n) is 6.81. The molecular weight excluding hydrogens is 322 g/mol. The molecule has 0 spiro atoms. The summed E-state index contributed by atoms with van der Waals surface area (Å²) in [7, 11) is 0. The van der Waals surface area contributed by atoms with Crippen molar-refractivity contribution in [1.82, 2.24) is 4.98 Å². The fourth-order valence-corrected chi connectivity index (χ4v) is 2.03. The maximum absolute atomic E-state index is 4.53. The van der Waals surface area contributed by atoms with E-state index in [-0.39, 0.29) is 54.0 Å². The molecule has 20 heavy (non-hydrogen) atoms. The molecule has 0 aromatic carbocycles. The zero-order valence-corrected chi connectivity index (χ0v) is 16.8. The first-order chi connectivity index (χ1) is 7.88. The van der Waals surface area contributed by atoms with E-state index < -0.39 is 0 Å². The van der Waals surface area contributed by atoms with Crippen molar-refractivity contribution in [3.05, 3.63) is 29.6 Å². The Labute approximate surface area is 153 Å². The highest BCUT2D eigenvalue weighted by Gasteiger charge is 2.02. The van der Waals surface area contributed by atoms with Crippen LogP contribution < -0.4 is 0 Å². The van der Waals surface area contributed by atoms with Crippen LogP contribution in [0.2, 0.25) is 0 Å². The molecule has 0 fully saturated rings. The average Bonchev–Trinajstić information content (AvgIpc) is 2.32. The minimum Gasteiger partial charge on any atom is -0.261 e. The van der Waals surface area contributed by atoms with Crippen LogP contribution >= 0.6 is 54.0 Å². The van der Waals surface area contributed by atoms with Crippen molar-refractivity contribution in [2.75, 3.05) is 0 Å². The molecular formula is C15H33NS4. The lowest BCUT2D eigenvalue weighted by atomic mass is 10.0. The predicted molar refractivity (Wildman–Crippen MR) is 112 cm³/mol. The SMILES string of the molecule is CCCCCc1cccnc1CCCCC.S.S.S.S. The van der Waals surface area contributed by atoms with E-state index in [1.54, 1.807) is 0 Å². The number of nitrogens with zero attached hydrogens (tertiary/aromatic N) is 1. The van der Waals surface area contributed by atoms with E-state index in [0.29, 0.717) is 0 Å². The molecule has 0 amide bonds. The van der Waals surface area contributed by atoms with Crippen molar-refractivity contribution < 1.29 is 0 Å². The second kappa shape index (κ2) is 19.6. The Bertz CT molecular complexity index is 266. The number of hydrogen-bond acceptors (Lipinski definition) is 1. The summed E-state index contributed by atoms with van der Waals surface area (Å²) in [6.45, 7) is 4.51. The van der Waals surface area contributed by atoms with Crippen molar-refractivity contribution in [3.63, 3.8) is 0 Å². The number of hydrogen-bond donors (Lipinski definition) is 0. The molecule has 0 saturated heterocycles. The molecule has 0 N–H and O–H groups in total.